The van der Waals surface area contributed by atoms with Gasteiger partial charge in [0, 0.05) is 11.4 Å². The van der Waals surface area contributed by atoms with Crippen molar-refractivity contribution in [2.24, 2.45) is 5.10 Å². The highest BCUT2D eigenvalue weighted by atomic mass is 35.5. The highest BCUT2D eigenvalue weighted by molar-refractivity contribution is 6.30. The van der Waals surface area contributed by atoms with Crippen LogP contribution in [0.2, 0.25) is 5.02 Å². The van der Waals surface area contributed by atoms with E-state index in [4.69, 9.17) is 21.1 Å². The van der Waals surface area contributed by atoms with Crippen LogP contribution < -0.4 is 14.9 Å². The fraction of sp³-hybridized carbons (Fsp3) is 0.417. The van der Waals surface area contributed by atoms with E-state index in [0.29, 0.717) is 29.5 Å². The lowest BCUT2D eigenvalue weighted by Crippen LogP contribution is -2.16. The van der Waals surface area contributed by atoms with Gasteiger partial charge in [-0.15, -0.1) is 0 Å². The van der Waals surface area contributed by atoms with Gasteiger partial charge in [0.2, 0.25) is 5.91 Å². The number of rotatable bonds is 13. The molecule has 30 heavy (non-hydrogen) atoms. The molecule has 0 aromatic heterocycles. The highest BCUT2D eigenvalue weighted by Crippen LogP contribution is 2.28. The van der Waals surface area contributed by atoms with Crippen molar-refractivity contribution in [3.63, 3.8) is 0 Å². The summed E-state index contributed by atoms with van der Waals surface area (Å²) in [7, 11) is 1.59. The monoisotopic (exact) mass is 430 g/mol. The lowest BCUT2D eigenvalue weighted by Gasteiger charge is -2.11. The van der Waals surface area contributed by atoms with Gasteiger partial charge in [-0.1, -0.05) is 62.8 Å². The quantitative estimate of drug-likeness (QED) is 0.236. The molecule has 0 aliphatic carbocycles. The zero-order valence-corrected chi connectivity index (χ0v) is 18.6. The molecule has 0 spiro atoms. The zero-order valence-electron chi connectivity index (χ0n) is 17.8. The molecular weight excluding hydrogens is 400 g/mol. The van der Waals surface area contributed by atoms with Crippen LogP contribution in [0.4, 0.5) is 0 Å². The van der Waals surface area contributed by atoms with E-state index in [2.05, 4.69) is 17.5 Å². The number of methoxy groups -OCH3 is 1. The van der Waals surface area contributed by atoms with Gasteiger partial charge in [-0.25, -0.2) is 5.43 Å². The Morgan fingerprint density at radius 1 is 1.03 bits per heavy atom. The van der Waals surface area contributed by atoms with Gasteiger partial charge in [-0.3, -0.25) is 4.79 Å². The van der Waals surface area contributed by atoms with Crippen LogP contribution >= 0.6 is 11.6 Å². The van der Waals surface area contributed by atoms with Gasteiger partial charge in [-0.05, 0) is 47.9 Å². The van der Waals surface area contributed by atoms with Gasteiger partial charge in [0.05, 0.1) is 13.3 Å². The molecule has 1 amide bonds. The van der Waals surface area contributed by atoms with Gasteiger partial charge < -0.3 is 9.47 Å². The molecule has 0 aliphatic rings. The number of nitrogens with zero attached hydrogens (tertiary/aromatic N) is 1. The Bertz CT molecular complexity index is 807. The van der Waals surface area contributed by atoms with Gasteiger partial charge in [0.1, 0.15) is 6.61 Å². The maximum atomic E-state index is 11.9. The van der Waals surface area contributed by atoms with Crippen LogP contribution in [0.3, 0.4) is 0 Å². The minimum absolute atomic E-state index is 0.0587. The number of hydrogen-bond acceptors (Lipinski definition) is 4. The average molecular weight is 431 g/mol. The van der Waals surface area contributed by atoms with Gasteiger partial charge in [0.25, 0.3) is 0 Å². The molecule has 162 valence electrons. The summed E-state index contributed by atoms with van der Waals surface area (Å²) in [5.74, 6) is 1.18. The molecule has 0 bridgehead atoms. The number of nitrogens with one attached hydrogen (secondary N) is 1. The Morgan fingerprint density at radius 2 is 1.77 bits per heavy atom. The lowest BCUT2D eigenvalue weighted by molar-refractivity contribution is -0.121. The summed E-state index contributed by atoms with van der Waals surface area (Å²) in [5, 5.41) is 4.74. The van der Waals surface area contributed by atoms with Crippen molar-refractivity contribution >= 4 is 23.7 Å². The molecule has 0 unspecified atom stereocenters. The van der Waals surface area contributed by atoms with Crippen LogP contribution in [0, 0.1) is 0 Å². The normalized spacial score (nSPS) is 10.9. The van der Waals surface area contributed by atoms with Crippen molar-refractivity contribution in [2.75, 3.05) is 7.11 Å². The second-order valence-corrected chi connectivity index (χ2v) is 7.57. The molecule has 2 rings (SSSR count). The van der Waals surface area contributed by atoms with Crippen molar-refractivity contribution in [3.05, 3.63) is 58.6 Å². The zero-order chi connectivity index (χ0) is 21.6. The Kier molecular flexibility index (Phi) is 10.8. The van der Waals surface area contributed by atoms with Crippen LogP contribution in [-0.4, -0.2) is 19.2 Å². The fourth-order valence-corrected chi connectivity index (χ4v) is 3.05. The summed E-state index contributed by atoms with van der Waals surface area (Å²) in [4.78, 5) is 11.9. The third-order valence-corrected chi connectivity index (χ3v) is 4.91. The first-order valence-electron chi connectivity index (χ1n) is 10.5. The maximum absolute atomic E-state index is 11.9. The van der Waals surface area contributed by atoms with E-state index in [9.17, 15) is 4.79 Å². The van der Waals surface area contributed by atoms with E-state index in [0.717, 1.165) is 24.0 Å². The molecule has 2 aromatic carbocycles. The second kappa shape index (κ2) is 13.6. The van der Waals surface area contributed by atoms with E-state index in [-0.39, 0.29) is 5.91 Å². The maximum Gasteiger partial charge on any atom is 0.240 e. The number of amides is 1. The first-order chi connectivity index (χ1) is 14.6. The number of carbonyl (C=O) groups excluding carboxylic acids is 1. The molecule has 0 aliphatic heterocycles. The van der Waals surface area contributed by atoms with Crippen molar-refractivity contribution in [1.82, 2.24) is 5.43 Å². The summed E-state index contributed by atoms with van der Waals surface area (Å²) < 4.78 is 11.3. The number of unbranched alkanes of at least 4 members (excludes halogenated alkanes) is 5. The molecule has 0 heterocycles. The fourth-order valence-electron chi connectivity index (χ4n) is 2.93. The van der Waals surface area contributed by atoms with E-state index in [1.165, 1.54) is 25.7 Å². The third kappa shape index (κ3) is 8.87. The van der Waals surface area contributed by atoms with Crippen molar-refractivity contribution < 1.29 is 14.3 Å². The Hall–Kier alpha value is -2.53. The SMILES string of the molecule is CCCCCCCCC(=O)N/N=C/c1ccc(OCc2ccc(Cl)cc2)c(OC)c1. The molecule has 0 fully saturated rings. The second-order valence-electron chi connectivity index (χ2n) is 7.14. The molecule has 0 atom stereocenters. The molecule has 0 saturated heterocycles. The number of hydrogen-bond donors (Lipinski definition) is 1. The first kappa shape index (κ1) is 23.7. The van der Waals surface area contributed by atoms with Crippen molar-refractivity contribution in [2.45, 2.75) is 58.5 Å². The van der Waals surface area contributed by atoms with Gasteiger partial charge in [-0.2, -0.15) is 5.10 Å². The smallest absolute Gasteiger partial charge is 0.240 e. The number of carbonyl (C=O) groups is 1. The average Bonchev–Trinajstić information content (AvgIpc) is 2.76. The highest BCUT2D eigenvalue weighted by Gasteiger charge is 2.06. The molecule has 0 radical (unpaired) electrons. The Morgan fingerprint density at radius 3 is 2.50 bits per heavy atom. The minimum atomic E-state index is -0.0587. The summed E-state index contributed by atoms with van der Waals surface area (Å²) in [6.07, 6.45) is 9.04. The molecule has 2 aromatic rings. The van der Waals surface area contributed by atoms with Crippen molar-refractivity contribution in [3.8, 4) is 11.5 Å². The van der Waals surface area contributed by atoms with Crippen LogP contribution in [0.25, 0.3) is 0 Å². The number of ether oxygens (including phenoxy) is 2. The van der Waals surface area contributed by atoms with Crippen LogP contribution in [-0.2, 0) is 11.4 Å². The topological polar surface area (TPSA) is 59.9 Å². The number of halogens is 1. The van der Waals surface area contributed by atoms with E-state index in [1.807, 2.05) is 42.5 Å². The van der Waals surface area contributed by atoms with Gasteiger partial charge >= 0.3 is 0 Å². The predicted molar refractivity (Wildman–Crippen MR) is 123 cm³/mol. The largest absolute Gasteiger partial charge is 0.493 e. The lowest BCUT2D eigenvalue weighted by atomic mass is 10.1. The van der Waals surface area contributed by atoms with E-state index < -0.39 is 0 Å². The molecule has 6 heteroatoms. The molecular formula is C24H31ClN2O3. The summed E-state index contributed by atoms with van der Waals surface area (Å²) in [6, 6.07) is 13.0. The molecule has 0 saturated carbocycles. The minimum Gasteiger partial charge on any atom is -0.493 e. The van der Waals surface area contributed by atoms with Crippen LogP contribution in [0.15, 0.2) is 47.6 Å². The van der Waals surface area contributed by atoms with Gasteiger partial charge in [0.15, 0.2) is 11.5 Å². The molecule has 5 nitrogen and oxygen atoms in total. The number of hydrazone groups is 1. The summed E-state index contributed by atoms with van der Waals surface area (Å²) in [6.45, 7) is 2.61. The molecule has 1 N–H and O–H groups in total. The van der Waals surface area contributed by atoms with Crippen molar-refractivity contribution in [1.29, 1.82) is 0 Å². The standard InChI is InChI=1S/C24H31ClN2O3/c1-3-4-5-6-7-8-9-24(28)27-26-17-20-12-15-22(23(16-20)29-2)30-18-19-10-13-21(25)14-11-19/h10-17H,3-9,18H2,1-2H3,(H,27,28)/b26-17+. The first-order valence-corrected chi connectivity index (χ1v) is 10.9. The summed E-state index contributed by atoms with van der Waals surface area (Å²) >= 11 is 5.90. The van der Waals surface area contributed by atoms with Crippen LogP contribution in [0.5, 0.6) is 11.5 Å². The van der Waals surface area contributed by atoms with E-state index >= 15 is 0 Å². The van der Waals surface area contributed by atoms with E-state index in [1.54, 1.807) is 13.3 Å². The van der Waals surface area contributed by atoms with Crippen LogP contribution in [0.1, 0.15) is 63.0 Å². The Balaban J connectivity index is 1.79. The Labute approximate surface area is 184 Å². The predicted octanol–water partition coefficient (Wildman–Crippen LogP) is 6.13. The number of benzene rings is 2. The summed E-state index contributed by atoms with van der Waals surface area (Å²) in [5.41, 5.74) is 4.41. The third-order valence-electron chi connectivity index (χ3n) is 4.66.